The van der Waals surface area contributed by atoms with E-state index in [2.05, 4.69) is 15.0 Å². The molecule has 0 spiro atoms. The Labute approximate surface area is 164 Å². The number of alkyl halides is 1. The Bertz CT molecular complexity index is 1050. The summed E-state index contributed by atoms with van der Waals surface area (Å²) in [5.74, 6) is 0.144. The first-order valence-electron chi connectivity index (χ1n) is 8.35. The van der Waals surface area contributed by atoms with Gasteiger partial charge in [-0.25, -0.2) is 0 Å². The molecular weight excluding hydrogens is 436 g/mol. The van der Waals surface area contributed by atoms with E-state index >= 15 is 0 Å². The average Bonchev–Trinajstić information content (AvgIpc) is 3.23. The first-order chi connectivity index (χ1) is 13.4. The zero-order valence-corrected chi connectivity index (χ0v) is 16.1. The molecule has 0 radical (unpaired) electrons. The molecule has 0 unspecified atom stereocenters. The quantitative estimate of drug-likeness (QED) is 0.331. The number of aromatic nitrogens is 4. The van der Waals surface area contributed by atoms with E-state index in [-0.39, 0.29) is 38.8 Å². The fraction of sp³-hybridized carbons (Fsp3) is 0.312. The summed E-state index contributed by atoms with van der Waals surface area (Å²) in [6.07, 6.45) is -0.891. The van der Waals surface area contributed by atoms with Crippen LogP contribution >= 0.6 is 0 Å². The molecule has 0 aliphatic carbocycles. The van der Waals surface area contributed by atoms with E-state index in [9.17, 15) is 14.5 Å². The molecule has 2 aromatic heterocycles. The van der Waals surface area contributed by atoms with Crippen molar-refractivity contribution >= 4 is 48.0 Å². The van der Waals surface area contributed by atoms with Gasteiger partial charge in [0.1, 0.15) is 0 Å². The van der Waals surface area contributed by atoms with E-state index < -0.39 is 23.4 Å². The number of ether oxygens (including phenoxy) is 1. The zero-order chi connectivity index (χ0) is 19.8. The molecule has 4 rings (SSSR count). The van der Waals surface area contributed by atoms with Gasteiger partial charge in [0.15, 0.2) is 0 Å². The van der Waals surface area contributed by atoms with E-state index in [0.29, 0.717) is 20.9 Å². The van der Waals surface area contributed by atoms with E-state index in [4.69, 9.17) is 16.2 Å². The van der Waals surface area contributed by atoms with Crippen molar-refractivity contribution < 1.29 is 14.1 Å². The third-order valence-electron chi connectivity index (χ3n) is 4.40. The number of anilines is 2. The second-order valence-electron chi connectivity index (χ2n) is 6.21. The van der Waals surface area contributed by atoms with E-state index in [1.165, 1.54) is 12.4 Å². The molecule has 1 saturated heterocycles. The molecule has 3 atom stereocenters. The Hall–Kier alpha value is -2.82. The fourth-order valence-corrected chi connectivity index (χ4v) is 5.38. The van der Waals surface area contributed by atoms with Crippen molar-refractivity contribution in [3.8, 4) is 0 Å². The van der Waals surface area contributed by atoms with Gasteiger partial charge in [-0.1, -0.05) is 0 Å². The number of hydrogen-bond donors (Lipinski definition) is 2. The number of imidazole rings is 1. The van der Waals surface area contributed by atoms with E-state index in [0.717, 1.165) is 0 Å². The zero-order valence-electron chi connectivity index (χ0n) is 14.4. The second-order valence-corrected chi connectivity index (χ2v) is 8.44. The van der Waals surface area contributed by atoms with Crippen LogP contribution in [-0.2, 0) is 4.74 Å². The number of nitro groups is 1. The summed E-state index contributed by atoms with van der Waals surface area (Å²) in [6.45, 7) is 0. The molecule has 0 amide bonds. The minimum absolute atomic E-state index is 0.00202. The third kappa shape index (κ3) is 3.37. The van der Waals surface area contributed by atoms with Gasteiger partial charge >= 0.3 is 164 Å². The van der Waals surface area contributed by atoms with Crippen LogP contribution in [0.4, 0.5) is 21.8 Å². The summed E-state index contributed by atoms with van der Waals surface area (Å²) < 4.78 is 22.7. The predicted octanol–water partition coefficient (Wildman–Crippen LogP) is 0.972. The van der Waals surface area contributed by atoms with Crippen LogP contribution < -0.4 is 15.9 Å². The summed E-state index contributed by atoms with van der Waals surface area (Å²) in [4.78, 5) is 22.9. The van der Waals surface area contributed by atoms with Gasteiger partial charge in [0.05, 0.1) is 0 Å². The molecule has 3 heterocycles. The average molecular weight is 452 g/mol. The molecule has 3 aromatic rings. The number of nitro benzene ring substituents is 1. The molecule has 1 aliphatic heterocycles. The van der Waals surface area contributed by atoms with Crippen LogP contribution in [0.3, 0.4) is 0 Å². The molecule has 146 valence electrons. The molecule has 12 heteroatoms. The van der Waals surface area contributed by atoms with Crippen molar-refractivity contribution in [3.63, 3.8) is 0 Å². The molecule has 4 N–H and O–H groups in total. The van der Waals surface area contributed by atoms with Crippen LogP contribution in [0.1, 0.15) is 12.6 Å². The predicted molar refractivity (Wildman–Crippen MR) is 101 cm³/mol. The first-order valence-corrected chi connectivity index (χ1v) is 10.4. The molecule has 1 aliphatic rings. The molecule has 0 bridgehead atoms. The molecular formula is C16H16FN7O3Se. The number of benzene rings is 1. The molecule has 1 fully saturated rings. The van der Waals surface area contributed by atoms with Crippen LogP contribution in [0.15, 0.2) is 30.6 Å². The number of nitrogens with zero attached hydrogens (tertiary/aromatic N) is 5. The maximum absolute atomic E-state index is 14.6. The molecule has 1 aromatic carbocycles. The van der Waals surface area contributed by atoms with Gasteiger partial charge in [-0.2, -0.15) is 0 Å². The Morgan fingerprint density at radius 3 is 2.93 bits per heavy atom. The van der Waals surface area contributed by atoms with Gasteiger partial charge < -0.3 is 0 Å². The van der Waals surface area contributed by atoms with E-state index in [1.807, 2.05) is 0 Å². The summed E-state index contributed by atoms with van der Waals surface area (Å²) in [5.41, 5.74) is 12.3. The van der Waals surface area contributed by atoms with Crippen molar-refractivity contribution in [3.05, 3.63) is 40.7 Å². The number of hydrogen-bond acceptors (Lipinski definition) is 8. The first kappa shape index (κ1) is 18.5. The summed E-state index contributed by atoms with van der Waals surface area (Å²) >= 11 is -0.304. The van der Waals surface area contributed by atoms with Crippen molar-refractivity contribution in [1.29, 1.82) is 0 Å². The minimum atomic E-state index is -1.20. The fourth-order valence-electron chi connectivity index (χ4n) is 3.08. The van der Waals surface area contributed by atoms with Crippen molar-refractivity contribution in [2.24, 2.45) is 0 Å². The number of para-hydroxylation sites is 1. The molecule has 10 nitrogen and oxygen atoms in total. The van der Waals surface area contributed by atoms with Gasteiger partial charge in [-0.15, -0.1) is 0 Å². The van der Waals surface area contributed by atoms with E-state index in [1.54, 1.807) is 22.8 Å². The van der Waals surface area contributed by atoms with Crippen LogP contribution in [0.25, 0.3) is 11.2 Å². The Balaban J connectivity index is 1.51. The second kappa shape index (κ2) is 7.30. The number of nitrogen functional groups attached to an aromatic ring is 2. The van der Waals surface area contributed by atoms with Crippen molar-refractivity contribution in [2.75, 3.05) is 11.5 Å². The van der Waals surface area contributed by atoms with Gasteiger partial charge in [0, 0.05) is 0 Å². The normalized spacial score (nSPS) is 22.0. The van der Waals surface area contributed by atoms with Crippen LogP contribution in [-0.4, -0.2) is 51.7 Å². The Kier molecular flexibility index (Phi) is 4.83. The maximum atomic E-state index is 14.6. The van der Waals surface area contributed by atoms with Crippen LogP contribution in [0, 0.1) is 10.1 Å². The summed E-state index contributed by atoms with van der Waals surface area (Å²) in [7, 11) is 0. The summed E-state index contributed by atoms with van der Waals surface area (Å²) in [6, 6.07) is 6.50. The van der Waals surface area contributed by atoms with Gasteiger partial charge in [-0.05, 0) is 0 Å². The monoisotopic (exact) mass is 453 g/mol. The van der Waals surface area contributed by atoms with Gasteiger partial charge in [0.25, 0.3) is 0 Å². The van der Waals surface area contributed by atoms with Crippen molar-refractivity contribution in [2.45, 2.75) is 30.2 Å². The third-order valence-corrected chi connectivity index (χ3v) is 6.82. The number of fused-ring (bicyclic) bond motifs is 1. The molecule has 28 heavy (non-hydrogen) atoms. The topological polar surface area (TPSA) is 148 Å². The van der Waals surface area contributed by atoms with Gasteiger partial charge in [-0.3, -0.25) is 0 Å². The van der Waals surface area contributed by atoms with Gasteiger partial charge in [0.2, 0.25) is 0 Å². The summed E-state index contributed by atoms with van der Waals surface area (Å²) in [5, 5.41) is 11.5. The Morgan fingerprint density at radius 1 is 1.36 bits per heavy atom. The SMILES string of the molecule is Nc1nc(N)c2ncn([C@H]3C[C@H](F)[C@@H](C[Se]c4ccccc4[N+](=O)[O-])O3)c2n1. The number of rotatable bonds is 5. The van der Waals surface area contributed by atoms with Crippen molar-refractivity contribution in [1.82, 2.24) is 19.5 Å². The molecule has 0 saturated carbocycles. The number of halogens is 1. The number of nitrogens with two attached hydrogens (primary N) is 2. The standard InChI is InChI=1S/C16H16FN7O3Se/c17-8-5-12(23-7-20-13-14(18)21-16(19)22-15(13)23)27-10(8)6-28-11-4-2-1-3-9(11)24(25)26/h1-4,7-8,10,12H,5-6H2,(H4,18,19,21,22)/t8-,10+,12+/m0/s1. The Morgan fingerprint density at radius 2 is 2.14 bits per heavy atom. The van der Waals surface area contributed by atoms with Crippen LogP contribution in [0.5, 0.6) is 0 Å². The van der Waals surface area contributed by atoms with Crippen LogP contribution in [0.2, 0.25) is 5.32 Å².